The van der Waals surface area contributed by atoms with E-state index in [0.717, 1.165) is 28.5 Å². The Labute approximate surface area is 176 Å². The van der Waals surface area contributed by atoms with E-state index in [4.69, 9.17) is 0 Å². The van der Waals surface area contributed by atoms with Crippen LogP contribution >= 0.6 is 0 Å². The van der Waals surface area contributed by atoms with Crippen molar-refractivity contribution in [3.63, 3.8) is 0 Å². The van der Waals surface area contributed by atoms with Crippen LogP contribution in [0.3, 0.4) is 0 Å². The third-order valence-corrected chi connectivity index (χ3v) is 5.74. The average Bonchev–Trinajstić information content (AvgIpc) is 2.72. The Morgan fingerprint density at radius 2 is 1.45 bits per heavy atom. The number of nitrogens with one attached hydrogen (secondary N) is 1. The van der Waals surface area contributed by atoms with Gasteiger partial charge in [0.1, 0.15) is 23.3 Å². The van der Waals surface area contributed by atoms with Gasteiger partial charge in [-0.1, -0.05) is 36.4 Å². The highest BCUT2D eigenvalue weighted by atomic mass is 19.1. The van der Waals surface area contributed by atoms with E-state index in [2.05, 4.69) is 5.32 Å². The first kappa shape index (κ1) is 19.4. The molecule has 0 radical (unpaired) electrons. The zero-order chi connectivity index (χ0) is 21.8. The number of anilines is 1. The minimum Gasteiger partial charge on any atom is -0.372 e. The third-order valence-electron chi connectivity index (χ3n) is 5.74. The standard InChI is InChI=1S/C26H17F4N/c1-26(21-10-8-17(28)13-23(21)30)14-20(19-9-7-16(27)12-22(19)29)25-18-5-3-2-4-15(18)6-11-24(25)31-26/h2-14,31H,1H3. The zero-order valence-corrected chi connectivity index (χ0v) is 16.5. The molecule has 1 heterocycles. The van der Waals surface area contributed by atoms with Gasteiger partial charge in [0.05, 0.1) is 5.54 Å². The van der Waals surface area contributed by atoms with Crippen molar-refractivity contribution in [3.05, 3.63) is 119 Å². The number of hydrogen-bond donors (Lipinski definition) is 1. The SMILES string of the molecule is CC1(c2ccc(F)cc2F)C=C(c2ccc(F)cc2F)c2c(ccc3ccccc23)N1. The molecule has 0 saturated carbocycles. The lowest BCUT2D eigenvalue weighted by Gasteiger charge is -2.37. The molecular weight excluding hydrogens is 402 g/mol. The predicted octanol–water partition coefficient (Wildman–Crippen LogP) is 7.17. The van der Waals surface area contributed by atoms with Crippen LogP contribution in [-0.2, 0) is 5.54 Å². The maximum Gasteiger partial charge on any atom is 0.133 e. The van der Waals surface area contributed by atoms with Gasteiger partial charge in [-0.25, -0.2) is 17.6 Å². The number of fused-ring (bicyclic) bond motifs is 3. The van der Waals surface area contributed by atoms with Crippen molar-refractivity contribution in [1.29, 1.82) is 0 Å². The van der Waals surface area contributed by atoms with Crippen LogP contribution in [0.15, 0.2) is 78.9 Å². The molecule has 0 fully saturated rings. The predicted molar refractivity (Wildman–Crippen MR) is 115 cm³/mol. The van der Waals surface area contributed by atoms with E-state index >= 15 is 0 Å². The molecule has 1 aliphatic heterocycles. The first-order valence-electron chi connectivity index (χ1n) is 9.80. The molecule has 31 heavy (non-hydrogen) atoms. The van der Waals surface area contributed by atoms with Gasteiger partial charge in [0.25, 0.3) is 0 Å². The van der Waals surface area contributed by atoms with Crippen LogP contribution in [0.4, 0.5) is 23.2 Å². The van der Waals surface area contributed by atoms with Gasteiger partial charge < -0.3 is 5.32 Å². The van der Waals surface area contributed by atoms with Gasteiger partial charge in [-0.3, -0.25) is 0 Å². The molecule has 4 aromatic carbocycles. The van der Waals surface area contributed by atoms with Crippen molar-refractivity contribution in [2.45, 2.75) is 12.5 Å². The topological polar surface area (TPSA) is 12.0 Å². The summed E-state index contributed by atoms with van der Waals surface area (Å²) in [5, 5.41) is 5.17. The van der Waals surface area contributed by atoms with E-state index in [1.54, 1.807) is 13.0 Å². The Bertz CT molecular complexity index is 1380. The Kier molecular flexibility index (Phi) is 4.36. The fourth-order valence-corrected chi connectivity index (χ4v) is 4.32. The van der Waals surface area contributed by atoms with E-state index in [1.807, 2.05) is 36.4 Å². The third kappa shape index (κ3) is 3.17. The van der Waals surface area contributed by atoms with E-state index in [9.17, 15) is 17.6 Å². The minimum absolute atomic E-state index is 0.203. The van der Waals surface area contributed by atoms with E-state index in [1.165, 1.54) is 24.3 Å². The first-order chi connectivity index (χ1) is 14.9. The van der Waals surface area contributed by atoms with Crippen molar-refractivity contribution in [2.24, 2.45) is 0 Å². The van der Waals surface area contributed by atoms with E-state index in [0.29, 0.717) is 11.3 Å². The largest absolute Gasteiger partial charge is 0.372 e. The number of hydrogen-bond acceptors (Lipinski definition) is 1. The molecular formula is C26H17F4N. The van der Waals surface area contributed by atoms with Gasteiger partial charge >= 0.3 is 0 Å². The molecule has 5 heteroatoms. The number of halogens is 4. The normalized spacial score (nSPS) is 17.8. The summed E-state index contributed by atoms with van der Waals surface area (Å²) in [5.74, 6) is -2.79. The first-order valence-corrected chi connectivity index (χ1v) is 9.80. The van der Waals surface area contributed by atoms with Crippen LogP contribution in [0.1, 0.15) is 23.6 Å². The molecule has 0 amide bonds. The molecule has 0 aromatic heterocycles. The van der Waals surface area contributed by atoms with Gasteiger partial charge in [-0.2, -0.15) is 0 Å². The van der Waals surface area contributed by atoms with Gasteiger partial charge in [-0.05, 0) is 53.6 Å². The summed E-state index contributed by atoms with van der Waals surface area (Å²) >= 11 is 0. The lowest BCUT2D eigenvalue weighted by Crippen LogP contribution is -2.34. The van der Waals surface area contributed by atoms with Crippen molar-refractivity contribution >= 4 is 22.0 Å². The fraction of sp³-hybridized carbons (Fsp3) is 0.0769. The van der Waals surface area contributed by atoms with Crippen LogP contribution in [-0.4, -0.2) is 0 Å². The Morgan fingerprint density at radius 3 is 2.19 bits per heavy atom. The summed E-state index contributed by atoms with van der Waals surface area (Å²) < 4.78 is 56.8. The van der Waals surface area contributed by atoms with Gasteiger partial charge in [0, 0.05) is 34.5 Å². The lowest BCUT2D eigenvalue weighted by molar-refractivity contribution is 0.543. The van der Waals surface area contributed by atoms with Crippen LogP contribution in [0.25, 0.3) is 16.3 Å². The van der Waals surface area contributed by atoms with Gasteiger partial charge in [-0.15, -0.1) is 0 Å². The molecule has 0 spiro atoms. The average molecular weight is 419 g/mol. The molecule has 4 aromatic rings. The summed E-state index contributed by atoms with van der Waals surface area (Å²) in [7, 11) is 0. The monoisotopic (exact) mass is 419 g/mol. The minimum atomic E-state index is -1.09. The number of benzene rings is 4. The fourth-order valence-electron chi connectivity index (χ4n) is 4.32. The molecule has 1 unspecified atom stereocenters. The Balaban J connectivity index is 1.83. The zero-order valence-electron chi connectivity index (χ0n) is 16.5. The van der Waals surface area contributed by atoms with E-state index < -0.39 is 28.8 Å². The highest BCUT2D eigenvalue weighted by Crippen LogP contribution is 2.45. The summed E-state index contributed by atoms with van der Waals surface area (Å²) in [6.45, 7) is 1.74. The Hall–Kier alpha value is -3.60. The Morgan fingerprint density at radius 1 is 0.742 bits per heavy atom. The second-order valence-corrected chi connectivity index (χ2v) is 7.84. The number of rotatable bonds is 2. The van der Waals surface area contributed by atoms with Crippen molar-refractivity contribution < 1.29 is 17.6 Å². The van der Waals surface area contributed by atoms with Crippen molar-refractivity contribution in [2.75, 3.05) is 5.32 Å². The molecule has 5 rings (SSSR count). The molecule has 154 valence electrons. The molecule has 1 atom stereocenters. The van der Waals surface area contributed by atoms with Crippen LogP contribution in [0.2, 0.25) is 0 Å². The van der Waals surface area contributed by atoms with Crippen molar-refractivity contribution in [1.82, 2.24) is 0 Å². The van der Waals surface area contributed by atoms with Crippen LogP contribution < -0.4 is 5.32 Å². The maximum atomic E-state index is 14.9. The van der Waals surface area contributed by atoms with Gasteiger partial charge in [0.15, 0.2) is 0 Å². The second kappa shape index (κ2) is 6.98. The van der Waals surface area contributed by atoms with Crippen LogP contribution in [0, 0.1) is 23.3 Å². The smallest absolute Gasteiger partial charge is 0.133 e. The second-order valence-electron chi connectivity index (χ2n) is 7.84. The summed E-state index contributed by atoms with van der Waals surface area (Å²) in [6, 6.07) is 18.2. The summed E-state index contributed by atoms with van der Waals surface area (Å²) in [5.41, 5.74) is 1.25. The lowest BCUT2D eigenvalue weighted by atomic mass is 9.80. The molecule has 0 bridgehead atoms. The maximum absolute atomic E-state index is 14.9. The van der Waals surface area contributed by atoms with Gasteiger partial charge in [0.2, 0.25) is 0 Å². The molecule has 0 saturated heterocycles. The summed E-state index contributed by atoms with van der Waals surface area (Å²) in [6.07, 6.45) is 1.72. The van der Waals surface area contributed by atoms with Crippen LogP contribution in [0.5, 0.6) is 0 Å². The molecule has 1 N–H and O–H groups in total. The highest BCUT2D eigenvalue weighted by Gasteiger charge is 2.34. The van der Waals surface area contributed by atoms with E-state index in [-0.39, 0.29) is 11.1 Å². The molecule has 0 aliphatic carbocycles. The molecule has 1 aliphatic rings. The summed E-state index contributed by atoms with van der Waals surface area (Å²) in [4.78, 5) is 0. The molecule has 1 nitrogen and oxygen atoms in total. The van der Waals surface area contributed by atoms with Crippen molar-refractivity contribution in [3.8, 4) is 0 Å². The highest BCUT2D eigenvalue weighted by molar-refractivity contribution is 6.04. The quantitative estimate of drug-likeness (QED) is 0.340.